The highest BCUT2D eigenvalue weighted by Crippen LogP contribution is 2.41. The Balaban J connectivity index is 1.09. The fourth-order valence-electron chi connectivity index (χ4n) is 7.72. The first kappa shape index (κ1) is 27.5. The van der Waals surface area contributed by atoms with Crippen molar-refractivity contribution in [2.75, 3.05) is 0 Å². The van der Waals surface area contributed by atoms with Crippen LogP contribution in [0.1, 0.15) is 12.3 Å². The second kappa shape index (κ2) is 15.5. The van der Waals surface area contributed by atoms with Gasteiger partial charge in [-0.3, -0.25) is 0 Å². The van der Waals surface area contributed by atoms with E-state index < -0.39 is 65.5 Å². The van der Waals surface area contributed by atoms with E-state index in [0.29, 0.717) is 27.7 Å². The van der Waals surface area contributed by atoms with Crippen LogP contribution in [0, 0.1) is 0 Å². The number of benzene rings is 9. The van der Waals surface area contributed by atoms with Crippen LogP contribution in [0.4, 0.5) is 0 Å². The summed E-state index contributed by atoms with van der Waals surface area (Å²) in [4.78, 5) is 14.8. The van der Waals surface area contributed by atoms with Gasteiger partial charge in [0, 0.05) is 33.0 Å². The molecule has 0 amide bonds. The molecule has 0 spiro atoms. The van der Waals surface area contributed by atoms with Gasteiger partial charge in [0.05, 0.1) is 12.3 Å². The Hall–Kier alpha value is -8.21. The van der Waals surface area contributed by atoms with Crippen LogP contribution in [0.5, 0.6) is 0 Å². The zero-order valence-electron chi connectivity index (χ0n) is 41.4. The Morgan fingerprint density at radius 3 is 1.48 bits per heavy atom. The van der Waals surface area contributed by atoms with Crippen LogP contribution in [-0.2, 0) is 0 Å². The third-order valence-corrected chi connectivity index (χ3v) is 10.7. The van der Waals surface area contributed by atoms with Crippen LogP contribution in [0.25, 0.3) is 112 Å². The van der Waals surface area contributed by atoms with Crippen LogP contribution < -0.4 is 0 Å². The quantitative estimate of drug-likeness (QED) is 0.154. The topological polar surface area (TPSA) is 51.8 Å². The highest BCUT2D eigenvalue weighted by Gasteiger charge is 2.20. The summed E-state index contributed by atoms with van der Waals surface area (Å²) in [5.74, 6) is 0.214. The van der Waals surface area contributed by atoms with E-state index >= 15 is 0 Å². The van der Waals surface area contributed by atoms with E-state index in [2.05, 4.69) is 60.7 Å². The van der Waals surface area contributed by atoms with Crippen molar-refractivity contribution in [1.29, 1.82) is 0 Å². The van der Waals surface area contributed by atoms with Gasteiger partial charge in [0.2, 0.25) is 0 Å². The van der Waals surface area contributed by atoms with Gasteiger partial charge >= 0.3 is 0 Å². The lowest BCUT2D eigenvalue weighted by molar-refractivity contribution is 0.670. The molecule has 4 nitrogen and oxygen atoms in total. The van der Waals surface area contributed by atoms with Crippen molar-refractivity contribution >= 4 is 21.9 Å². The molecule has 61 heavy (non-hydrogen) atoms. The van der Waals surface area contributed by atoms with E-state index in [1.807, 2.05) is 109 Å². The number of rotatable bonds is 8. The van der Waals surface area contributed by atoms with Crippen LogP contribution in [0.15, 0.2) is 229 Å². The van der Waals surface area contributed by atoms with Crippen LogP contribution in [-0.4, -0.2) is 15.0 Å². The molecule has 0 unspecified atom stereocenters. The molecule has 0 N–H and O–H groups in total. The molecule has 0 saturated heterocycles. The lowest BCUT2D eigenvalue weighted by Crippen LogP contribution is -2.00. The smallest absolute Gasteiger partial charge is 0.164 e. The molecule has 0 radical (unpaired) electrons. The Morgan fingerprint density at radius 2 is 0.803 bits per heavy atom. The summed E-state index contributed by atoms with van der Waals surface area (Å²) >= 11 is 0. The van der Waals surface area contributed by atoms with Gasteiger partial charge < -0.3 is 4.42 Å². The van der Waals surface area contributed by atoms with Gasteiger partial charge in [-0.2, -0.15) is 0 Å². The van der Waals surface area contributed by atoms with Crippen LogP contribution in [0.3, 0.4) is 0 Å². The summed E-state index contributed by atoms with van der Waals surface area (Å²) in [6.07, 6.45) is 0. The number of furan rings is 1. The highest BCUT2D eigenvalue weighted by molar-refractivity contribution is 6.15. The summed E-state index contributed by atoms with van der Waals surface area (Å²) in [7, 11) is 0. The normalized spacial score (nSPS) is 13.3. The summed E-state index contributed by atoms with van der Waals surface area (Å²) in [6, 6.07) is 50.5. The Bertz CT molecular complexity index is 3810. The lowest BCUT2D eigenvalue weighted by Gasteiger charge is -2.11. The van der Waals surface area contributed by atoms with E-state index in [0.717, 1.165) is 49.9 Å². The first-order valence-corrected chi connectivity index (χ1v) is 19.8. The summed E-state index contributed by atoms with van der Waals surface area (Å²) in [6.45, 7) is 0. The van der Waals surface area contributed by atoms with Gasteiger partial charge in [0.15, 0.2) is 17.5 Å². The maximum Gasteiger partial charge on any atom is 0.164 e. The zero-order chi connectivity index (χ0) is 48.4. The summed E-state index contributed by atoms with van der Waals surface area (Å²) < 4.78 is 85.5. The third-order valence-electron chi connectivity index (χ3n) is 10.7. The average molecular weight is 789 g/mol. The molecule has 4 heteroatoms. The molecule has 0 aliphatic rings. The van der Waals surface area contributed by atoms with Crippen molar-refractivity contribution < 1.29 is 16.8 Å². The maximum atomic E-state index is 9.32. The molecule has 0 bridgehead atoms. The van der Waals surface area contributed by atoms with E-state index in [-0.39, 0.29) is 23.0 Å². The monoisotopic (exact) mass is 788 g/mol. The second-order valence-corrected chi connectivity index (χ2v) is 14.5. The molecular formula is C57H37N3O. The molecule has 11 rings (SSSR count). The maximum absolute atomic E-state index is 9.32. The summed E-state index contributed by atoms with van der Waals surface area (Å²) in [5.41, 5.74) is 9.38. The fourth-order valence-corrected chi connectivity index (χ4v) is 7.72. The molecule has 9 aromatic carbocycles. The predicted molar refractivity (Wildman–Crippen MR) is 251 cm³/mol. The van der Waals surface area contributed by atoms with E-state index in [9.17, 15) is 5.48 Å². The average Bonchev–Trinajstić information content (AvgIpc) is 3.80. The number of aromatic nitrogens is 3. The zero-order valence-corrected chi connectivity index (χ0v) is 32.4. The Morgan fingerprint density at radius 1 is 0.328 bits per heavy atom. The number of hydrogen-bond donors (Lipinski definition) is 0. The number of nitrogens with zero attached hydrogens (tertiary/aromatic N) is 3. The molecule has 11 aromatic rings. The molecule has 2 aromatic heterocycles. The lowest BCUT2D eigenvalue weighted by atomic mass is 9.97. The first-order chi connectivity index (χ1) is 34.0. The molecule has 0 atom stereocenters. The van der Waals surface area contributed by atoms with Crippen molar-refractivity contribution in [3.05, 3.63) is 224 Å². The standard InChI is InChI=1S/C57H37N3O/c1-4-13-38(14-5-1)41-25-27-43(28-26-41)44-31-35-46(36-32-44)56-58-55(45-33-29-42(30-34-45)39-15-6-2-7-16-39)59-57(60-56)51-23-12-24-52-53(51)50-22-11-21-49(54(50)61-52)48-20-10-19-47(37-48)40-17-8-3-9-18-40/h1-37H/i2D,6D,7D,15D,16D,29D,30D,33D,34D. The third kappa shape index (κ3) is 6.96. The fraction of sp³-hybridized carbons (Fsp3) is 0. The minimum absolute atomic E-state index is 0.159. The molecule has 0 aliphatic carbocycles. The molecule has 286 valence electrons. The van der Waals surface area contributed by atoms with Crippen molar-refractivity contribution in [2.45, 2.75) is 0 Å². The highest BCUT2D eigenvalue weighted by atomic mass is 16.3. The second-order valence-electron chi connectivity index (χ2n) is 14.5. The van der Waals surface area contributed by atoms with E-state index in [1.165, 1.54) is 0 Å². The van der Waals surface area contributed by atoms with Gasteiger partial charge in [0.25, 0.3) is 0 Å². The number of para-hydroxylation sites is 1. The van der Waals surface area contributed by atoms with Gasteiger partial charge in [-0.15, -0.1) is 0 Å². The van der Waals surface area contributed by atoms with Crippen molar-refractivity contribution in [2.24, 2.45) is 0 Å². The van der Waals surface area contributed by atoms with Crippen LogP contribution >= 0.6 is 0 Å². The van der Waals surface area contributed by atoms with Crippen molar-refractivity contribution in [3.63, 3.8) is 0 Å². The van der Waals surface area contributed by atoms with Gasteiger partial charge in [-0.05, 0) is 62.2 Å². The molecule has 2 heterocycles. The van der Waals surface area contributed by atoms with Gasteiger partial charge in [0.1, 0.15) is 11.2 Å². The number of hydrogen-bond acceptors (Lipinski definition) is 4. The predicted octanol–water partition coefficient (Wildman–Crippen LogP) is 15.1. The van der Waals surface area contributed by atoms with Crippen molar-refractivity contribution in [3.8, 4) is 89.8 Å². The van der Waals surface area contributed by atoms with Crippen molar-refractivity contribution in [1.82, 2.24) is 15.0 Å². The van der Waals surface area contributed by atoms with E-state index in [1.54, 1.807) is 0 Å². The molecule has 0 aliphatic heterocycles. The number of fused-ring (bicyclic) bond motifs is 3. The minimum atomic E-state index is -0.660. The summed E-state index contributed by atoms with van der Waals surface area (Å²) in [5, 5.41) is 1.51. The van der Waals surface area contributed by atoms with Crippen LogP contribution in [0.2, 0.25) is 0 Å². The minimum Gasteiger partial charge on any atom is -0.455 e. The molecule has 0 saturated carbocycles. The van der Waals surface area contributed by atoms with Gasteiger partial charge in [-0.1, -0.05) is 212 Å². The largest absolute Gasteiger partial charge is 0.455 e. The Labute approximate surface area is 366 Å². The Kier molecular flexibility index (Phi) is 6.99. The SMILES string of the molecule is [2H]c1c([2H])c([2H])c(-c2c([2H])c([2H])c(-c3nc(-c4ccc(-c5ccc(-c6ccccc6)cc5)cc4)nc(-c4cccc5oc6c(-c7cccc(-c8ccccc8)c7)cccc6c45)n3)c([2H])c2[2H])c([2H])c1[2H]. The van der Waals surface area contributed by atoms with Gasteiger partial charge in [-0.25, -0.2) is 15.0 Å². The molecule has 0 fully saturated rings. The first-order valence-electron chi connectivity index (χ1n) is 24.3. The molecular weight excluding hydrogens is 743 g/mol. The van der Waals surface area contributed by atoms with E-state index in [4.69, 9.17) is 26.2 Å².